The maximum Gasteiger partial charge on any atom is 0.155 e. The Bertz CT molecular complexity index is 905. The van der Waals surface area contributed by atoms with Gasteiger partial charge in [0.15, 0.2) is 5.65 Å². The first-order valence-electron chi connectivity index (χ1n) is 8.47. The average Bonchev–Trinajstić information content (AvgIpc) is 3.07. The van der Waals surface area contributed by atoms with Gasteiger partial charge in [0.25, 0.3) is 0 Å². The van der Waals surface area contributed by atoms with E-state index in [2.05, 4.69) is 25.3 Å². The first-order valence-corrected chi connectivity index (χ1v) is 8.47. The second kappa shape index (κ2) is 6.91. The van der Waals surface area contributed by atoms with Crippen LogP contribution in [0.2, 0.25) is 0 Å². The van der Waals surface area contributed by atoms with Crippen LogP contribution in [0.3, 0.4) is 0 Å². The van der Waals surface area contributed by atoms with Crippen molar-refractivity contribution in [1.82, 2.24) is 19.3 Å². The Balaban J connectivity index is 1.34. The predicted octanol–water partition coefficient (Wildman–Crippen LogP) is 2.64. The number of piperidine rings is 1. The van der Waals surface area contributed by atoms with E-state index in [1.54, 1.807) is 24.5 Å². The zero-order valence-electron chi connectivity index (χ0n) is 13.9. The molecule has 1 aliphatic heterocycles. The molecule has 2 aromatic heterocycles. The summed E-state index contributed by atoms with van der Waals surface area (Å²) < 4.78 is 8.13. The van der Waals surface area contributed by atoms with Crippen LogP contribution in [-0.4, -0.2) is 38.5 Å². The van der Waals surface area contributed by atoms with Gasteiger partial charge in [0.2, 0.25) is 0 Å². The summed E-state index contributed by atoms with van der Waals surface area (Å²) in [5.41, 5.74) is 2.70. The van der Waals surface area contributed by atoms with Crippen LogP contribution in [0.15, 0.2) is 49.1 Å². The molecule has 126 valence electrons. The van der Waals surface area contributed by atoms with Crippen LogP contribution in [0.5, 0.6) is 5.75 Å². The highest BCUT2D eigenvalue weighted by atomic mass is 16.5. The van der Waals surface area contributed by atoms with Gasteiger partial charge >= 0.3 is 0 Å². The molecule has 1 fully saturated rings. The summed E-state index contributed by atoms with van der Waals surface area (Å²) in [6.07, 6.45) is 9.61. The SMILES string of the molecule is N#Cc1cccc(OC2CCN(Cc3cnc4cnccn34)CC2)c1. The second-order valence-electron chi connectivity index (χ2n) is 6.29. The number of ether oxygens (including phenoxy) is 1. The molecular weight excluding hydrogens is 314 g/mol. The van der Waals surface area contributed by atoms with E-state index >= 15 is 0 Å². The summed E-state index contributed by atoms with van der Waals surface area (Å²) in [6.45, 7) is 2.85. The van der Waals surface area contributed by atoms with E-state index < -0.39 is 0 Å². The Labute approximate surface area is 146 Å². The van der Waals surface area contributed by atoms with E-state index in [0.717, 1.165) is 43.9 Å². The minimum atomic E-state index is 0.205. The Morgan fingerprint density at radius 3 is 2.96 bits per heavy atom. The van der Waals surface area contributed by atoms with Crippen molar-refractivity contribution >= 4 is 5.65 Å². The number of hydrogen-bond acceptors (Lipinski definition) is 5. The molecule has 6 heteroatoms. The van der Waals surface area contributed by atoms with E-state index in [4.69, 9.17) is 10.00 Å². The normalized spacial score (nSPS) is 16.0. The highest BCUT2D eigenvalue weighted by Gasteiger charge is 2.21. The lowest BCUT2D eigenvalue weighted by molar-refractivity contribution is 0.0960. The van der Waals surface area contributed by atoms with Crippen molar-refractivity contribution in [3.8, 4) is 11.8 Å². The van der Waals surface area contributed by atoms with Crippen LogP contribution in [0, 0.1) is 11.3 Å². The molecule has 0 N–H and O–H groups in total. The fraction of sp³-hybridized carbons (Fsp3) is 0.316. The number of hydrogen-bond donors (Lipinski definition) is 0. The quantitative estimate of drug-likeness (QED) is 0.734. The molecule has 3 heterocycles. The molecule has 0 saturated carbocycles. The maximum atomic E-state index is 8.98. The van der Waals surface area contributed by atoms with E-state index in [1.165, 1.54) is 5.69 Å². The van der Waals surface area contributed by atoms with Gasteiger partial charge in [0, 0.05) is 32.0 Å². The molecular formula is C19H19N5O. The Hall–Kier alpha value is -2.91. The van der Waals surface area contributed by atoms with Crippen LogP contribution in [0.25, 0.3) is 5.65 Å². The van der Waals surface area contributed by atoms with Gasteiger partial charge in [-0.3, -0.25) is 14.3 Å². The zero-order chi connectivity index (χ0) is 17.1. The van der Waals surface area contributed by atoms with Crippen LogP contribution < -0.4 is 4.74 Å². The van der Waals surface area contributed by atoms with E-state index in [1.807, 2.05) is 24.5 Å². The predicted molar refractivity (Wildman–Crippen MR) is 93.1 cm³/mol. The second-order valence-corrected chi connectivity index (χ2v) is 6.29. The molecule has 0 spiro atoms. The van der Waals surface area contributed by atoms with Gasteiger partial charge < -0.3 is 4.74 Å². The van der Waals surface area contributed by atoms with E-state index in [-0.39, 0.29) is 6.10 Å². The van der Waals surface area contributed by atoms with Gasteiger partial charge in [-0.05, 0) is 31.0 Å². The van der Waals surface area contributed by atoms with Crippen molar-refractivity contribution in [2.75, 3.05) is 13.1 Å². The number of rotatable bonds is 4. The van der Waals surface area contributed by atoms with Crippen molar-refractivity contribution in [1.29, 1.82) is 5.26 Å². The van der Waals surface area contributed by atoms with Crippen molar-refractivity contribution in [2.24, 2.45) is 0 Å². The highest BCUT2D eigenvalue weighted by molar-refractivity contribution is 5.37. The minimum Gasteiger partial charge on any atom is -0.490 e. The molecule has 0 unspecified atom stereocenters. The smallest absolute Gasteiger partial charge is 0.155 e. The molecule has 1 aliphatic rings. The summed E-state index contributed by atoms with van der Waals surface area (Å²) in [5, 5.41) is 8.98. The molecule has 0 radical (unpaired) electrons. The number of aromatic nitrogens is 3. The Morgan fingerprint density at radius 1 is 1.24 bits per heavy atom. The topological polar surface area (TPSA) is 66.5 Å². The minimum absolute atomic E-state index is 0.205. The molecule has 0 aliphatic carbocycles. The van der Waals surface area contributed by atoms with Gasteiger partial charge in [-0.15, -0.1) is 0 Å². The largest absolute Gasteiger partial charge is 0.490 e. The lowest BCUT2D eigenvalue weighted by atomic mass is 10.1. The molecule has 0 atom stereocenters. The van der Waals surface area contributed by atoms with Crippen LogP contribution in [0.4, 0.5) is 0 Å². The molecule has 4 rings (SSSR count). The maximum absolute atomic E-state index is 8.98. The lowest BCUT2D eigenvalue weighted by Gasteiger charge is -2.32. The van der Waals surface area contributed by atoms with Gasteiger partial charge in [-0.2, -0.15) is 5.26 Å². The summed E-state index contributed by atoms with van der Waals surface area (Å²) >= 11 is 0. The summed E-state index contributed by atoms with van der Waals surface area (Å²) in [4.78, 5) is 10.9. The molecule has 0 bridgehead atoms. The lowest BCUT2D eigenvalue weighted by Crippen LogP contribution is -2.38. The average molecular weight is 333 g/mol. The van der Waals surface area contributed by atoms with Crippen molar-refractivity contribution < 1.29 is 4.74 Å². The molecule has 0 amide bonds. The molecule has 1 aromatic carbocycles. The first kappa shape index (κ1) is 15.6. The Morgan fingerprint density at radius 2 is 2.12 bits per heavy atom. The monoisotopic (exact) mass is 333 g/mol. The zero-order valence-corrected chi connectivity index (χ0v) is 13.9. The van der Waals surface area contributed by atoms with E-state index in [0.29, 0.717) is 5.56 Å². The van der Waals surface area contributed by atoms with Gasteiger partial charge in [-0.1, -0.05) is 6.07 Å². The van der Waals surface area contributed by atoms with Crippen molar-refractivity contribution in [3.63, 3.8) is 0 Å². The van der Waals surface area contributed by atoms with Gasteiger partial charge in [0.05, 0.1) is 29.7 Å². The first-order chi connectivity index (χ1) is 12.3. The fourth-order valence-electron chi connectivity index (χ4n) is 3.26. The van der Waals surface area contributed by atoms with Crippen molar-refractivity contribution in [3.05, 3.63) is 60.3 Å². The number of imidazole rings is 1. The standard InChI is InChI=1S/C19H19N5O/c20-11-15-2-1-3-18(10-15)25-17-4-7-23(8-5-17)14-16-12-22-19-13-21-6-9-24(16)19/h1-3,6,9-10,12-13,17H,4-5,7-8,14H2. The molecule has 1 saturated heterocycles. The number of fused-ring (bicyclic) bond motifs is 1. The number of nitriles is 1. The third kappa shape index (κ3) is 3.47. The number of nitrogens with zero attached hydrogens (tertiary/aromatic N) is 5. The fourth-order valence-corrected chi connectivity index (χ4v) is 3.26. The third-order valence-corrected chi connectivity index (χ3v) is 4.58. The number of likely N-dealkylation sites (tertiary alicyclic amines) is 1. The summed E-state index contributed by atoms with van der Waals surface area (Å²) in [7, 11) is 0. The summed E-state index contributed by atoms with van der Waals surface area (Å²) in [5.74, 6) is 0.784. The highest BCUT2D eigenvalue weighted by Crippen LogP contribution is 2.21. The van der Waals surface area contributed by atoms with Crippen LogP contribution in [-0.2, 0) is 6.54 Å². The van der Waals surface area contributed by atoms with Crippen molar-refractivity contribution in [2.45, 2.75) is 25.5 Å². The third-order valence-electron chi connectivity index (χ3n) is 4.58. The number of benzene rings is 1. The van der Waals surface area contributed by atoms with Crippen LogP contribution in [0.1, 0.15) is 24.1 Å². The summed E-state index contributed by atoms with van der Waals surface area (Å²) in [6, 6.07) is 9.53. The molecule has 25 heavy (non-hydrogen) atoms. The van der Waals surface area contributed by atoms with Gasteiger partial charge in [-0.25, -0.2) is 4.98 Å². The molecule has 3 aromatic rings. The molecule has 6 nitrogen and oxygen atoms in total. The van der Waals surface area contributed by atoms with Gasteiger partial charge in [0.1, 0.15) is 11.9 Å². The van der Waals surface area contributed by atoms with Crippen LogP contribution >= 0.6 is 0 Å². The van der Waals surface area contributed by atoms with E-state index in [9.17, 15) is 0 Å². The Kier molecular flexibility index (Phi) is 4.32.